The third-order valence-corrected chi connectivity index (χ3v) is 4.24. The summed E-state index contributed by atoms with van der Waals surface area (Å²) in [6, 6.07) is 0.454. The van der Waals surface area contributed by atoms with E-state index in [-0.39, 0.29) is 11.9 Å². The highest BCUT2D eigenvalue weighted by molar-refractivity contribution is 5.80. The van der Waals surface area contributed by atoms with Crippen molar-refractivity contribution in [3.05, 3.63) is 6.92 Å². The van der Waals surface area contributed by atoms with Crippen molar-refractivity contribution in [2.45, 2.75) is 37.8 Å². The van der Waals surface area contributed by atoms with Gasteiger partial charge in [-0.05, 0) is 58.3 Å². The van der Waals surface area contributed by atoms with Crippen LogP contribution in [0.25, 0.3) is 0 Å². The number of nitrogens with zero attached hydrogens (tertiary/aromatic N) is 2. The standard InChI is InChI=1S/C13H24N3O/c1-10-3-8-16(12(9-10)13(14)17)11-4-6-15(2)7-5-11/h10-12H,1,3-9H2,2H3,(H2,14,17). The highest BCUT2D eigenvalue weighted by Crippen LogP contribution is 2.27. The van der Waals surface area contributed by atoms with Crippen molar-refractivity contribution in [3.63, 3.8) is 0 Å². The summed E-state index contributed by atoms with van der Waals surface area (Å²) in [5.74, 6) is 0.215. The first kappa shape index (κ1) is 12.8. The summed E-state index contributed by atoms with van der Waals surface area (Å²) in [7, 11) is 2.16. The maximum atomic E-state index is 11.6. The molecule has 4 heteroatoms. The fourth-order valence-electron chi connectivity index (χ4n) is 3.10. The highest BCUT2D eigenvalue weighted by Gasteiger charge is 2.35. The molecule has 0 aliphatic carbocycles. The number of amides is 1. The number of hydrogen-bond donors (Lipinski definition) is 1. The van der Waals surface area contributed by atoms with Crippen molar-refractivity contribution in [3.8, 4) is 0 Å². The summed E-state index contributed by atoms with van der Waals surface area (Å²) in [6.45, 7) is 7.31. The summed E-state index contributed by atoms with van der Waals surface area (Å²) in [6.07, 6.45) is 4.24. The molecule has 2 atom stereocenters. The van der Waals surface area contributed by atoms with E-state index in [0.29, 0.717) is 12.0 Å². The molecule has 2 rings (SSSR count). The van der Waals surface area contributed by atoms with Gasteiger partial charge in [0, 0.05) is 6.04 Å². The van der Waals surface area contributed by atoms with Gasteiger partial charge in [-0.1, -0.05) is 6.92 Å². The Morgan fingerprint density at radius 1 is 1.24 bits per heavy atom. The SMILES string of the molecule is [CH2]C1CCN(C2CCN(C)CC2)C(C(N)=O)C1. The summed E-state index contributed by atoms with van der Waals surface area (Å²) in [4.78, 5) is 16.3. The molecule has 1 amide bonds. The van der Waals surface area contributed by atoms with E-state index in [1.165, 1.54) is 0 Å². The lowest BCUT2D eigenvalue weighted by atomic mass is 9.89. The second kappa shape index (κ2) is 5.36. The number of likely N-dealkylation sites (tertiary alicyclic amines) is 2. The smallest absolute Gasteiger partial charge is 0.234 e. The number of nitrogens with two attached hydrogens (primary N) is 1. The van der Waals surface area contributed by atoms with Gasteiger partial charge in [-0.25, -0.2) is 0 Å². The van der Waals surface area contributed by atoms with Crippen LogP contribution in [0.15, 0.2) is 0 Å². The molecule has 97 valence electrons. The number of piperidine rings is 2. The quantitative estimate of drug-likeness (QED) is 0.761. The van der Waals surface area contributed by atoms with E-state index in [1.54, 1.807) is 0 Å². The zero-order valence-corrected chi connectivity index (χ0v) is 10.8. The summed E-state index contributed by atoms with van der Waals surface area (Å²) in [5.41, 5.74) is 5.53. The predicted molar refractivity (Wildman–Crippen MR) is 68.3 cm³/mol. The Morgan fingerprint density at radius 2 is 1.88 bits per heavy atom. The van der Waals surface area contributed by atoms with Gasteiger partial charge in [0.1, 0.15) is 0 Å². The third-order valence-electron chi connectivity index (χ3n) is 4.24. The van der Waals surface area contributed by atoms with Crippen molar-refractivity contribution < 1.29 is 4.79 Å². The molecule has 2 saturated heterocycles. The van der Waals surface area contributed by atoms with Gasteiger partial charge in [0.15, 0.2) is 0 Å². The minimum Gasteiger partial charge on any atom is -0.368 e. The fourth-order valence-corrected chi connectivity index (χ4v) is 3.10. The molecule has 2 unspecified atom stereocenters. The average Bonchev–Trinajstić information content (AvgIpc) is 2.30. The number of rotatable bonds is 2. The van der Waals surface area contributed by atoms with Crippen LogP contribution in [-0.2, 0) is 4.79 Å². The topological polar surface area (TPSA) is 49.6 Å². The molecule has 0 bridgehead atoms. The second-order valence-corrected chi connectivity index (χ2v) is 5.58. The van der Waals surface area contributed by atoms with Crippen LogP contribution >= 0.6 is 0 Å². The maximum absolute atomic E-state index is 11.6. The van der Waals surface area contributed by atoms with E-state index in [1.807, 2.05) is 0 Å². The van der Waals surface area contributed by atoms with Gasteiger partial charge >= 0.3 is 0 Å². The molecule has 2 aliphatic heterocycles. The van der Waals surface area contributed by atoms with Crippen molar-refractivity contribution in [1.82, 2.24) is 9.80 Å². The van der Waals surface area contributed by atoms with E-state index in [2.05, 4.69) is 23.8 Å². The first-order valence-electron chi connectivity index (χ1n) is 6.64. The third kappa shape index (κ3) is 2.99. The molecule has 0 spiro atoms. The Balaban J connectivity index is 2.00. The Labute approximate surface area is 104 Å². The largest absolute Gasteiger partial charge is 0.368 e. The minimum atomic E-state index is -0.169. The van der Waals surface area contributed by atoms with Crippen LogP contribution in [0.3, 0.4) is 0 Å². The van der Waals surface area contributed by atoms with Gasteiger partial charge in [0.25, 0.3) is 0 Å². The van der Waals surface area contributed by atoms with Crippen LogP contribution in [0, 0.1) is 12.8 Å². The Morgan fingerprint density at radius 3 is 2.47 bits per heavy atom. The van der Waals surface area contributed by atoms with Crippen molar-refractivity contribution >= 4 is 5.91 Å². The molecule has 1 radical (unpaired) electrons. The summed E-state index contributed by atoms with van der Waals surface area (Å²) in [5, 5.41) is 0. The molecule has 0 saturated carbocycles. The molecule has 17 heavy (non-hydrogen) atoms. The molecular formula is C13H24N3O. The van der Waals surface area contributed by atoms with Crippen LogP contribution in [0.2, 0.25) is 0 Å². The normalized spacial score (nSPS) is 33.8. The van der Waals surface area contributed by atoms with Gasteiger partial charge < -0.3 is 10.6 Å². The molecular weight excluding hydrogens is 214 g/mol. The molecule has 0 aromatic carbocycles. The summed E-state index contributed by atoms with van der Waals surface area (Å²) >= 11 is 0. The zero-order valence-electron chi connectivity index (χ0n) is 10.8. The maximum Gasteiger partial charge on any atom is 0.234 e. The predicted octanol–water partition coefficient (Wildman–Crippen LogP) is 0.481. The van der Waals surface area contributed by atoms with Crippen LogP contribution in [0.1, 0.15) is 25.7 Å². The zero-order chi connectivity index (χ0) is 12.4. The number of primary amides is 1. The minimum absolute atomic E-state index is 0.0837. The Bertz CT molecular complexity index is 274. The van der Waals surface area contributed by atoms with Gasteiger partial charge in [0.05, 0.1) is 6.04 Å². The number of hydrogen-bond acceptors (Lipinski definition) is 3. The van der Waals surface area contributed by atoms with Crippen LogP contribution in [-0.4, -0.2) is 54.5 Å². The second-order valence-electron chi connectivity index (χ2n) is 5.58. The van der Waals surface area contributed by atoms with Crippen molar-refractivity contribution in [2.75, 3.05) is 26.7 Å². The summed E-state index contributed by atoms with van der Waals surface area (Å²) < 4.78 is 0. The molecule has 4 nitrogen and oxygen atoms in total. The lowest BCUT2D eigenvalue weighted by Crippen LogP contribution is -2.56. The fraction of sp³-hybridized carbons (Fsp3) is 0.846. The van der Waals surface area contributed by atoms with E-state index >= 15 is 0 Å². The van der Waals surface area contributed by atoms with E-state index in [4.69, 9.17) is 5.73 Å². The highest BCUT2D eigenvalue weighted by atomic mass is 16.1. The van der Waals surface area contributed by atoms with E-state index in [0.717, 1.165) is 45.3 Å². The number of carbonyl (C=O) groups excluding carboxylic acids is 1. The molecule has 2 heterocycles. The Hall–Kier alpha value is -0.610. The van der Waals surface area contributed by atoms with E-state index < -0.39 is 0 Å². The van der Waals surface area contributed by atoms with Crippen LogP contribution in [0.5, 0.6) is 0 Å². The molecule has 2 N–H and O–H groups in total. The van der Waals surface area contributed by atoms with E-state index in [9.17, 15) is 4.79 Å². The molecule has 2 fully saturated rings. The first-order chi connectivity index (χ1) is 8.08. The van der Waals surface area contributed by atoms with Crippen molar-refractivity contribution in [1.29, 1.82) is 0 Å². The van der Waals surface area contributed by atoms with Crippen molar-refractivity contribution in [2.24, 2.45) is 11.7 Å². The lowest BCUT2D eigenvalue weighted by Gasteiger charge is -2.44. The lowest BCUT2D eigenvalue weighted by molar-refractivity contribution is -0.126. The molecule has 2 aliphatic rings. The first-order valence-corrected chi connectivity index (χ1v) is 6.64. The average molecular weight is 238 g/mol. The number of carbonyl (C=O) groups is 1. The monoisotopic (exact) mass is 238 g/mol. The van der Waals surface area contributed by atoms with Gasteiger partial charge in [0.2, 0.25) is 5.91 Å². The van der Waals surface area contributed by atoms with Crippen LogP contribution in [0.4, 0.5) is 0 Å². The Kier molecular flexibility index (Phi) is 4.05. The molecule has 0 aromatic rings. The van der Waals surface area contributed by atoms with Gasteiger partial charge in [-0.2, -0.15) is 0 Å². The van der Waals surface area contributed by atoms with Crippen LogP contribution < -0.4 is 5.73 Å². The van der Waals surface area contributed by atoms with Gasteiger partial charge in [-0.3, -0.25) is 9.69 Å². The van der Waals surface area contributed by atoms with Gasteiger partial charge in [-0.15, -0.1) is 0 Å². The molecule has 0 aromatic heterocycles.